The largest absolute Gasteiger partial charge is 0.387 e. The van der Waals surface area contributed by atoms with Crippen LogP contribution in [0.25, 0.3) is 0 Å². The van der Waals surface area contributed by atoms with Crippen LogP contribution in [0, 0.1) is 0 Å². The molecular formula is C20H22N4O4. The molecule has 1 aliphatic rings. The van der Waals surface area contributed by atoms with Crippen LogP contribution >= 0.6 is 0 Å². The van der Waals surface area contributed by atoms with E-state index in [9.17, 15) is 19.5 Å². The van der Waals surface area contributed by atoms with E-state index in [2.05, 4.69) is 4.98 Å². The fourth-order valence-corrected chi connectivity index (χ4v) is 3.01. The van der Waals surface area contributed by atoms with Crippen LogP contribution in [-0.2, 0) is 16.1 Å². The van der Waals surface area contributed by atoms with Crippen molar-refractivity contribution < 1.29 is 19.5 Å². The smallest absolute Gasteiger partial charge is 0.327 e. The fraction of sp³-hybridized carbons (Fsp3) is 0.300. The van der Waals surface area contributed by atoms with E-state index in [1.54, 1.807) is 36.7 Å². The van der Waals surface area contributed by atoms with Crippen molar-refractivity contribution in [3.05, 3.63) is 66.0 Å². The Morgan fingerprint density at radius 1 is 1.18 bits per heavy atom. The molecule has 0 radical (unpaired) electrons. The van der Waals surface area contributed by atoms with E-state index in [0.717, 1.165) is 10.5 Å². The van der Waals surface area contributed by atoms with Gasteiger partial charge in [-0.1, -0.05) is 30.3 Å². The predicted molar refractivity (Wildman–Crippen MR) is 101 cm³/mol. The number of rotatable bonds is 7. The highest BCUT2D eigenvalue weighted by molar-refractivity contribution is 6.04. The summed E-state index contributed by atoms with van der Waals surface area (Å²) < 4.78 is 0. The van der Waals surface area contributed by atoms with E-state index in [0.29, 0.717) is 5.56 Å². The van der Waals surface area contributed by atoms with Crippen LogP contribution in [0.2, 0.25) is 0 Å². The van der Waals surface area contributed by atoms with Gasteiger partial charge < -0.3 is 14.9 Å². The van der Waals surface area contributed by atoms with Crippen molar-refractivity contribution in [3.8, 4) is 0 Å². The zero-order valence-corrected chi connectivity index (χ0v) is 15.6. The second kappa shape index (κ2) is 8.62. The SMILES string of the molecule is CN1CC(=O)N(CC(=O)N(Cc2ccncc2)CC(O)c2ccccc2)C1=O. The van der Waals surface area contributed by atoms with E-state index < -0.39 is 23.9 Å². The third-order valence-electron chi connectivity index (χ3n) is 4.58. The van der Waals surface area contributed by atoms with Gasteiger partial charge in [-0.3, -0.25) is 19.5 Å². The van der Waals surface area contributed by atoms with Gasteiger partial charge in [-0.15, -0.1) is 0 Å². The number of hydrogen-bond acceptors (Lipinski definition) is 5. The number of imide groups is 1. The third-order valence-corrected chi connectivity index (χ3v) is 4.58. The molecule has 2 heterocycles. The van der Waals surface area contributed by atoms with Crippen LogP contribution in [0.15, 0.2) is 54.9 Å². The number of carbonyl (C=O) groups excluding carboxylic acids is 3. The number of nitrogens with zero attached hydrogens (tertiary/aromatic N) is 4. The number of aromatic nitrogens is 1. The van der Waals surface area contributed by atoms with Crippen molar-refractivity contribution in [3.63, 3.8) is 0 Å². The van der Waals surface area contributed by atoms with Gasteiger partial charge >= 0.3 is 6.03 Å². The first-order valence-electron chi connectivity index (χ1n) is 8.91. The summed E-state index contributed by atoms with van der Waals surface area (Å²) in [5.41, 5.74) is 1.52. The summed E-state index contributed by atoms with van der Waals surface area (Å²) in [6.45, 7) is -0.119. The van der Waals surface area contributed by atoms with E-state index in [1.807, 2.05) is 18.2 Å². The number of benzene rings is 1. The van der Waals surface area contributed by atoms with Gasteiger partial charge in [-0.2, -0.15) is 0 Å². The summed E-state index contributed by atoms with van der Waals surface area (Å²) >= 11 is 0. The van der Waals surface area contributed by atoms with E-state index >= 15 is 0 Å². The molecule has 0 spiro atoms. The zero-order chi connectivity index (χ0) is 20.1. The van der Waals surface area contributed by atoms with Crippen molar-refractivity contribution in [1.29, 1.82) is 0 Å². The minimum atomic E-state index is -0.889. The van der Waals surface area contributed by atoms with E-state index in [1.165, 1.54) is 16.8 Å². The minimum Gasteiger partial charge on any atom is -0.387 e. The lowest BCUT2D eigenvalue weighted by Gasteiger charge is -2.27. The quantitative estimate of drug-likeness (QED) is 0.722. The number of likely N-dealkylation sites (N-methyl/N-ethyl adjacent to an activating group) is 1. The number of pyridine rings is 1. The van der Waals surface area contributed by atoms with Crippen molar-refractivity contribution in [1.82, 2.24) is 19.7 Å². The molecule has 1 aromatic heterocycles. The topological polar surface area (TPSA) is 94.1 Å². The Morgan fingerprint density at radius 3 is 2.46 bits per heavy atom. The van der Waals surface area contributed by atoms with Crippen LogP contribution in [0.5, 0.6) is 0 Å². The Bertz CT molecular complexity index is 844. The Hall–Kier alpha value is -3.26. The predicted octanol–water partition coefficient (Wildman–Crippen LogP) is 1.04. The highest BCUT2D eigenvalue weighted by atomic mass is 16.3. The Morgan fingerprint density at radius 2 is 1.86 bits per heavy atom. The molecule has 4 amide bonds. The lowest BCUT2D eigenvalue weighted by molar-refractivity contribution is -0.138. The van der Waals surface area contributed by atoms with Crippen LogP contribution in [0.3, 0.4) is 0 Å². The standard InChI is InChI=1S/C20H22N4O4/c1-22-13-19(27)24(20(22)28)14-18(26)23(11-15-7-9-21-10-8-15)12-17(25)16-5-3-2-4-6-16/h2-10,17,25H,11-14H2,1H3. The third kappa shape index (κ3) is 4.52. The molecule has 8 heteroatoms. The summed E-state index contributed by atoms with van der Waals surface area (Å²) in [5, 5.41) is 10.6. The summed E-state index contributed by atoms with van der Waals surface area (Å²) in [6.07, 6.45) is 2.35. The molecule has 28 heavy (non-hydrogen) atoms. The molecule has 1 aromatic carbocycles. The van der Waals surface area contributed by atoms with Crippen molar-refractivity contribution in [2.45, 2.75) is 12.6 Å². The molecule has 0 saturated carbocycles. The minimum absolute atomic E-state index is 0.0386. The lowest BCUT2D eigenvalue weighted by Crippen LogP contribution is -2.44. The summed E-state index contributed by atoms with van der Waals surface area (Å²) in [5.74, 6) is -0.822. The first kappa shape index (κ1) is 19.5. The van der Waals surface area contributed by atoms with Gasteiger partial charge in [0.1, 0.15) is 13.1 Å². The van der Waals surface area contributed by atoms with Gasteiger partial charge in [0.25, 0.3) is 5.91 Å². The number of carbonyl (C=O) groups is 3. The molecule has 1 aliphatic heterocycles. The first-order chi connectivity index (χ1) is 13.5. The summed E-state index contributed by atoms with van der Waals surface area (Å²) in [4.78, 5) is 44.6. The first-order valence-corrected chi connectivity index (χ1v) is 8.91. The highest BCUT2D eigenvalue weighted by Crippen LogP contribution is 2.17. The van der Waals surface area contributed by atoms with Crippen molar-refractivity contribution in [2.24, 2.45) is 0 Å². The monoisotopic (exact) mass is 382 g/mol. The number of hydrogen-bond donors (Lipinski definition) is 1. The normalized spacial score (nSPS) is 15.1. The second-order valence-corrected chi connectivity index (χ2v) is 6.67. The van der Waals surface area contributed by atoms with Crippen LogP contribution in [0.1, 0.15) is 17.2 Å². The fourth-order valence-electron chi connectivity index (χ4n) is 3.01. The van der Waals surface area contributed by atoms with Crippen LogP contribution in [-0.4, -0.2) is 69.3 Å². The second-order valence-electron chi connectivity index (χ2n) is 6.67. The van der Waals surface area contributed by atoms with Gasteiger partial charge in [0.05, 0.1) is 12.6 Å². The van der Waals surface area contributed by atoms with Crippen molar-refractivity contribution in [2.75, 3.05) is 26.7 Å². The maximum absolute atomic E-state index is 12.9. The van der Waals surface area contributed by atoms with E-state index in [-0.39, 0.29) is 26.2 Å². The highest BCUT2D eigenvalue weighted by Gasteiger charge is 2.36. The zero-order valence-electron chi connectivity index (χ0n) is 15.6. The number of urea groups is 1. The number of amides is 4. The molecule has 3 rings (SSSR count). The maximum Gasteiger partial charge on any atom is 0.327 e. The molecule has 1 N–H and O–H groups in total. The average Bonchev–Trinajstić information content (AvgIpc) is 2.95. The van der Waals surface area contributed by atoms with Crippen LogP contribution < -0.4 is 0 Å². The summed E-state index contributed by atoms with van der Waals surface area (Å²) in [6, 6.07) is 12.1. The van der Waals surface area contributed by atoms with Crippen molar-refractivity contribution >= 4 is 17.8 Å². The van der Waals surface area contributed by atoms with Crippen LogP contribution in [0.4, 0.5) is 4.79 Å². The lowest BCUT2D eigenvalue weighted by atomic mass is 10.1. The van der Waals surface area contributed by atoms with Gasteiger partial charge in [-0.25, -0.2) is 4.79 Å². The summed E-state index contributed by atoms with van der Waals surface area (Å²) in [7, 11) is 1.51. The number of aliphatic hydroxyl groups is 1. The molecule has 1 fully saturated rings. The number of aliphatic hydroxyl groups excluding tert-OH is 1. The Kier molecular flexibility index (Phi) is 6.00. The van der Waals surface area contributed by atoms with Gasteiger partial charge in [0.15, 0.2) is 0 Å². The molecule has 146 valence electrons. The maximum atomic E-state index is 12.9. The molecule has 1 atom stereocenters. The van der Waals surface area contributed by atoms with Gasteiger partial charge in [0, 0.05) is 26.0 Å². The molecule has 1 unspecified atom stereocenters. The molecule has 0 aliphatic carbocycles. The molecule has 1 saturated heterocycles. The molecule has 0 bridgehead atoms. The van der Waals surface area contributed by atoms with Gasteiger partial charge in [0.2, 0.25) is 5.91 Å². The molecule has 2 aromatic rings. The Labute approximate surface area is 163 Å². The molecule has 8 nitrogen and oxygen atoms in total. The van der Waals surface area contributed by atoms with E-state index in [4.69, 9.17) is 0 Å². The average molecular weight is 382 g/mol. The molecular weight excluding hydrogens is 360 g/mol. The van der Waals surface area contributed by atoms with Gasteiger partial charge in [-0.05, 0) is 23.3 Å². The Balaban J connectivity index is 1.76.